The lowest BCUT2D eigenvalue weighted by Crippen LogP contribution is -2.39. The lowest BCUT2D eigenvalue weighted by molar-refractivity contribution is 0.580. The molecule has 0 bridgehead atoms. The second kappa shape index (κ2) is 9.70. The molecule has 0 radical (unpaired) electrons. The fourth-order valence-electron chi connectivity index (χ4n) is 9.25. The van der Waals surface area contributed by atoms with Gasteiger partial charge in [0.25, 0.3) is 0 Å². The van der Waals surface area contributed by atoms with Gasteiger partial charge >= 0.3 is 0 Å². The third-order valence-electron chi connectivity index (χ3n) is 11.6. The molecule has 9 aromatic rings. The molecule has 2 aliphatic rings. The number of hydrogen-bond donors (Lipinski definition) is 0. The Morgan fingerprint density at radius 3 is 2.04 bits per heavy atom. The largest absolute Gasteiger partial charge is 0.309 e. The molecule has 2 aliphatic heterocycles. The zero-order valence-corrected chi connectivity index (χ0v) is 28.9. The summed E-state index contributed by atoms with van der Waals surface area (Å²) in [4.78, 5) is 16.5. The van der Waals surface area contributed by atoms with Crippen LogP contribution in [-0.2, 0) is 10.8 Å². The van der Waals surface area contributed by atoms with Crippen LogP contribution >= 0.6 is 0 Å². The molecular weight excluding hydrogens is 625 g/mol. The molecule has 11 rings (SSSR count). The van der Waals surface area contributed by atoms with Gasteiger partial charge in [-0.1, -0.05) is 74.5 Å². The van der Waals surface area contributed by atoms with Gasteiger partial charge in [0.05, 0.1) is 51.0 Å². The number of para-hydroxylation sites is 3. The maximum absolute atomic E-state index is 4.94. The highest BCUT2D eigenvalue weighted by Gasteiger charge is 2.47. The summed E-state index contributed by atoms with van der Waals surface area (Å²) in [5.41, 5.74) is 14.5. The number of hydrogen-bond acceptors (Lipinski definition) is 4. The molecule has 0 amide bonds. The number of benzene rings is 5. The van der Waals surface area contributed by atoms with Gasteiger partial charge < -0.3 is 14.0 Å². The van der Waals surface area contributed by atoms with Crippen molar-refractivity contribution >= 4 is 60.7 Å². The van der Waals surface area contributed by atoms with Crippen molar-refractivity contribution in [1.29, 1.82) is 0 Å². The smallest absolute Gasteiger partial charge is 0.115 e. The van der Waals surface area contributed by atoms with Crippen molar-refractivity contribution in [2.24, 2.45) is 0 Å². The van der Waals surface area contributed by atoms with Crippen molar-refractivity contribution in [3.05, 3.63) is 156 Å². The molecule has 244 valence electrons. The third kappa shape index (κ3) is 3.54. The van der Waals surface area contributed by atoms with Gasteiger partial charge in [0.1, 0.15) is 6.33 Å². The quantitative estimate of drug-likeness (QED) is 0.185. The highest BCUT2D eigenvalue weighted by Crippen LogP contribution is 2.60. The fraction of sp³-hybridized carbons (Fsp3) is 0.133. The standard InChI is InChI=1S/C45H34N6/c1-44(2)32-22-28(23-33-42(32)51(37-20-21-46-24-34(37)44)39-25-47-26-48-43(39)45(33,3)4)49-36-17-11-9-15-31(36)40-38(49)19-18-30-29-14-8-10-16-35(29)50(41(30)40)27-12-6-5-7-13-27/h5-26H,1-4H3. The molecule has 6 heterocycles. The van der Waals surface area contributed by atoms with Crippen molar-refractivity contribution in [2.75, 3.05) is 4.90 Å². The molecule has 0 aliphatic carbocycles. The van der Waals surface area contributed by atoms with E-state index in [9.17, 15) is 0 Å². The van der Waals surface area contributed by atoms with Gasteiger partial charge in [0.2, 0.25) is 0 Å². The molecule has 0 saturated heterocycles. The van der Waals surface area contributed by atoms with Crippen LogP contribution in [0.15, 0.2) is 134 Å². The molecule has 0 fully saturated rings. The average molecular weight is 659 g/mol. The summed E-state index contributed by atoms with van der Waals surface area (Å²) in [6.07, 6.45) is 7.58. The number of nitrogens with zero attached hydrogens (tertiary/aromatic N) is 6. The van der Waals surface area contributed by atoms with E-state index in [1.165, 1.54) is 66.0 Å². The first-order chi connectivity index (χ1) is 24.9. The Bertz CT molecular complexity index is 2850. The predicted molar refractivity (Wildman–Crippen MR) is 207 cm³/mol. The van der Waals surface area contributed by atoms with Crippen LogP contribution in [0.5, 0.6) is 0 Å². The van der Waals surface area contributed by atoms with E-state index in [4.69, 9.17) is 4.98 Å². The van der Waals surface area contributed by atoms with Crippen LogP contribution in [0, 0.1) is 0 Å². The topological polar surface area (TPSA) is 51.8 Å². The van der Waals surface area contributed by atoms with Crippen molar-refractivity contribution in [2.45, 2.75) is 38.5 Å². The Balaban J connectivity index is 1.29. The monoisotopic (exact) mass is 658 g/mol. The number of rotatable bonds is 2. The van der Waals surface area contributed by atoms with Crippen LogP contribution in [0.3, 0.4) is 0 Å². The maximum atomic E-state index is 4.94. The van der Waals surface area contributed by atoms with Gasteiger partial charge in [-0.15, -0.1) is 0 Å². The first kappa shape index (κ1) is 28.6. The third-order valence-corrected chi connectivity index (χ3v) is 11.6. The molecule has 4 aromatic heterocycles. The summed E-state index contributed by atoms with van der Waals surface area (Å²) in [5, 5.41) is 4.99. The van der Waals surface area contributed by atoms with E-state index in [2.05, 4.69) is 161 Å². The molecule has 51 heavy (non-hydrogen) atoms. The average Bonchev–Trinajstić information content (AvgIpc) is 3.68. The molecule has 0 atom stereocenters. The van der Waals surface area contributed by atoms with Crippen LogP contribution in [0.2, 0.25) is 0 Å². The summed E-state index contributed by atoms with van der Waals surface area (Å²) in [7, 11) is 0. The first-order valence-electron chi connectivity index (χ1n) is 17.6. The SMILES string of the molecule is CC1(C)c2cnccc2N2c3cncnc3C(C)(C)c3cc(-n4c5ccccc5c5c4ccc4c6ccccc6n(-c6ccccc6)c45)cc1c32. The summed E-state index contributed by atoms with van der Waals surface area (Å²) < 4.78 is 4.93. The van der Waals surface area contributed by atoms with Crippen LogP contribution in [0.1, 0.15) is 50.1 Å². The summed E-state index contributed by atoms with van der Waals surface area (Å²) in [6.45, 7) is 9.28. The Labute approximate surface area is 295 Å². The van der Waals surface area contributed by atoms with Gasteiger partial charge in [-0.3, -0.25) is 4.98 Å². The molecule has 0 unspecified atom stereocenters. The normalized spacial score (nSPS) is 15.3. The fourth-order valence-corrected chi connectivity index (χ4v) is 9.25. The van der Waals surface area contributed by atoms with Gasteiger partial charge in [-0.2, -0.15) is 0 Å². The lowest BCUT2D eigenvalue weighted by Gasteiger charge is -2.48. The Kier molecular flexibility index (Phi) is 5.43. The summed E-state index contributed by atoms with van der Waals surface area (Å²) in [5.74, 6) is 0. The predicted octanol–water partition coefficient (Wildman–Crippen LogP) is 10.8. The van der Waals surface area contributed by atoms with E-state index < -0.39 is 0 Å². The minimum Gasteiger partial charge on any atom is -0.309 e. The van der Waals surface area contributed by atoms with E-state index in [1.807, 2.05) is 18.6 Å². The maximum Gasteiger partial charge on any atom is 0.115 e. The molecule has 0 N–H and O–H groups in total. The highest BCUT2D eigenvalue weighted by atomic mass is 15.2. The van der Waals surface area contributed by atoms with E-state index in [1.54, 1.807) is 6.33 Å². The van der Waals surface area contributed by atoms with E-state index >= 15 is 0 Å². The van der Waals surface area contributed by atoms with Crippen molar-refractivity contribution in [3.8, 4) is 11.4 Å². The van der Waals surface area contributed by atoms with Crippen molar-refractivity contribution in [3.63, 3.8) is 0 Å². The molecule has 0 spiro atoms. The summed E-state index contributed by atoms with van der Waals surface area (Å²) in [6, 6.07) is 40.1. The zero-order chi connectivity index (χ0) is 34.2. The molecule has 6 nitrogen and oxygen atoms in total. The van der Waals surface area contributed by atoms with Gasteiger partial charge in [-0.25, -0.2) is 9.97 Å². The van der Waals surface area contributed by atoms with Gasteiger partial charge in [0, 0.05) is 61.7 Å². The van der Waals surface area contributed by atoms with Crippen LogP contribution in [0.4, 0.5) is 17.1 Å². The van der Waals surface area contributed by atoms with Crippen LogP contribution in [0.25, 0.3) is 55.0 Å². The zero-order valence-electron chi connectivity index (χ0n) is 28.9. The van der Waals surface area contributed by atoms with Crippen LogP contribution in [-0.4, -0.2) is 24.1 Å². The number of anilines is 3. The minimum absolute atomic E-state index is 0.310. The van der Waals surface area contributed by atoms with Crippen molar-refractivity contribution in [1.82, 2.24) is 24.1 Å². The summed E-state index contributed by atoms with van der Waals surface area (Å²) >= 11 is 0. The number of pyridine rings is 1. The minimum atomic E-state index is -0.374. The molecule has 0 saturated carbocycles. The number of fused-ring (bicyclic) bond motifs is 11. The first-order valence-corrected chi connectivity index (χ1v) is 17.6. The van der Waals surface area contributed by atoms with E-state index in [-0.39, 0.29) is 10.8 Å². The Hall–Kier alpha value is -6.27. The molecular formula is C45H34N6. The lowest BCUT2D eigenvalue weighted by atomic mass is 9.67. The van der Waals surface area contributed by atoms with Gasteiger partial charge in [0.15, 0.2) is 0 Å². The second-order valence-corrected chi connectivity index (χ2v) is 15.0. The molecule has 5 aromatic carbocycles. The van der Waals surface area contributed by atoms with Crippen LogP contribution < -0.4 is 4.90 Å². The van der Waals surface area contributed by atoms with Gasteiger partial charge in [-0.05, 0) is 73.5 Å². The van der Waals surface area contributed by atoms with E-state index in [0.29, 0.717) is 0 Å². The Morgan fingerprint density at radius 2 is 1.24 bits per heavy atom. The highest BCUT2D eigenvalue weighted by molar-refractivity contribution is 6.26. The Morgan fingerprint density at radius 1 is 0.529 bits per heavy atom. The van der Waals surface area contributed by atoms with Crippen molar-refractivity contribution < 1.29 is 0 Å². The van der Waals surface area contributed by atoms with E-state index in [0.717, 1.165) is 28.4 Å². The number of aromatic nitrogens is 5. The second-order valence-electron chi connectivity index (χ2n) is 15.0. The molecule has 6 heteroatoms.